The maximum absolute atomic E-state index is 9.54. The van der Waals surface area contributed by atoms with Crippen molar-refractivity contribution >= 4 is 0 Å². The second kappa shape index (κ2) is 4.67. The van der Waals surface area contributed by atoms with E-state index in [0.717, 1.165) is 6.42 Å². The number of rotatable bonds is 3. The van der Waals surface area contributed by atoms with Crippen LogP contribution in [0.1, 0.15) is 37.5 Å². The van der Waals surface area contributed by atoms with E-state index in [-0.39, 0.29) is 17.4 Å². The number of benzene rings is 1. The van der Waals surface area contributed by atoms with Gasteiger partial charge < -0.3 is 9.84 Å². The predicted octanol–water partition coefficient (Wildman–Crippen LogP) is 2.84. The molecule has 1 aromatic carbocycles. The standard InChI is InChI=1S/C16H24O2/c1-12-5-6-14(15(2,3)4)7-13(12)8-16(9-17)10-18-11-16/h5-7,17H,8-11H2,1-4H3. The maximum atomic E-state index is 9.54. The fraction of sp³-hybridized carbons (Fsp3) is 0.625. The molecule has 0 amide bonds. The van der Waals surface area contributed by atoms with Gasteiger partial charge in [0.2, 0.25) is 0 Å². The van der Waals surface area contributed by atoms with Crippen LogP contribution >= 0.6 is 0 Å². The van der Waals surface area contributed by atoms with Crippen molar-refractivity contribution in [3.05, 3.63) is 34.9 Å². The SMILES string of the molecule is Cc1ccc(C(C)(C)C)cc1CC1(CO)COC1. The van der Waals surface area contributed by atoms with Gasteiger partial charge in [0.1, 0.15) is 0 Å². The van der Waals surface area contributed by atoms with Crippen LogP contribution < -0.4 is 0 Å². The minimum Gasteiger partial charge on any atom is -0.396 e. The van der Waals surface area contributed by atoms with Gasteiger partial charge in [0.05, 0.1) is 19.8 Å². The molecule has 1 saturated heterocycles. The van der Waals surface area contributed by atoms with E-state index < -0.39 is 0 Å². The summed E-state index contributed by atoms with van der Waals surface area (Å²) in [5.41, 5.74) is 4.14. The molecule has 2 rings (SSSR count). The molecule has 0 atom stereocenters. The van der Waals surface area contributed by atoms with Gasteiger partial charge in [-0.15, -0.1) is 0 Å². The first-order valence-electron chi connectivity index (χ1n) is 6.65. The summed E-state index contributed by atoms with van der Waals surface area (Å²) in [6.07, 6.45) is 0.916. The van der Waals surface area contributed by atoms with E-state index in [0.29, 0.717) is 13.2 Å². The molecule has 2 nitrogen and oxygen atoms in total. The number of aliphatic hydroxyl groups is 1. The number of ether oxygens (including phenoxy) is 1. The lowest BCUT2D eigenvalue weighted by atomic mass is 9.77. The average Bonchev–Trinajstić information content (AvgIpc) is 2.24. The third-order valence-corrected chi connectivity index (χ3v) is 3.93. The van der Waals surface area contributed by atoms with Gasteiger partial charge in [-0.1, -0.05) is 39.0 Å². The van der Waals surface area contributed by atoms with Crippen LogP contribution in [0.4, 0.5) is 0 Å². The molecule has 18 heavy (non-hydrogen) atoms. The van der Waals surface area contributed by atoms with Crippen molar-refractivity contribution < 1.29 is 9.84 Å². The fourth-order valence-electron chi connectivity index (χ4n) is 2.37. The predicted molar refractivity (Wildman–Crippen MR) is 73.9 cm³/mol. The van der Waals surface area contributed by atoms with Gasteiger partial charge in [-0.25, -0.2) is 0 Å². The van der Waals surface area contributed by atoms with Crippen LogP contribution in [0.15, 0.2) is 18.2 Å². The number of aryl methyl sites for hydroxylation is 1. The molecule has 0 saturated carbocycles. The molecule has 0 aliphatic carbocycles. The summed E-state index contributed by atoms with van der Waals surface area (Å²) in [6, 6.07) is 6.70. The Balaban J connectivity index is 2.27. The Morgan fingerprint density at radius 3 is 2.39 bits per heavy atom. The molecule has 1 aliphatic heterocycles. The van der Waals surface area contributed by atoms with Gasteiger partial charge in [-0.3, -0.25) is 0 Å². The van der Waals surface area contributed by atoms with Crippen molar-refractivity contribution in [2.75, 3.05) is 19.8 Å². The molecule has 0 radical (unpaired) electrons. The maximum Gasteiger partial charge on any atom is 0.0570 e. The van der Waals surface area contributed by atoms with Crippen molar-refractivity contribution in [2.45, 2.75) is 39.5 Å². The Bertz CT molecular complexity index is 420. The zero-order chi connectivity index (χ0) is 13.4. The van der Waals surface area contributed by atoms with Gasteiger partial charge in [-0.2, -0.15) is 0 Å². The van der Waals surface area contributed by atoms with E-state index >= 15 is 0 Å². The van der Waals surface area contributed by atoms with E-state index in [1.54, 1.807) is 0 Å². The highest BCUT2D eigenvalue weighted by Gasteiger charge is 2.38. The summed E-state index contributed by atoms with van der Waals surface area (Å²) in [5, 5.41) is 9.54. The molecule has 1 N–H and O–H groups in total. The highest BCUT2D eigenvalue weighted by molar-refractivity contribution is 5.35. The Kier molecular flexibility index (Phi) is 3.52. The molecule has 0 aromatic heterocycles. The molecular weight excluding hydrogens is 224 g/mol. The van der Waals surface area contributed by atoms with Gasteiger partial charge in [0.25, 0.3) is 0 Å². The quantitative estimate of drug-likeness (QED) is 0.891. The second-order valence-corrected chi connectivity index (χ2v) is 6.72. The summed E-state index contributed by atoms with van der Waals surface area (Å²) in [5.74, 6) is 0. The lowest BCUT2D eigenvalue weighted by molar-refractivity contribution is -0.136. The molecule has 1 aromatic rings. The summed E-state index contributed by atoms with van der Waals surface area (Å²) in [7, 11) is 0. The molecule has 100 valence electrons. The summed E-state index contributed by atoms with van der Waals surface area (Å²) >= 11 is 0. The lowest BCUT2D eigenvalue weighted by Crippen LogP contribution is -2.47. The Hall–Kier alpha value is -0.860. The summed E-state index contributed by atoms with van der Waals surface area (Å²) in [4.78, 5) is 0. The Labute approximate surface area is 110 Å². The minimum atomic E-state index is -0.0404. The third-order valence-electron chi connectivity index (χ3n) is 3.93. The zero-order valence-corrected chi connectivity index (χ0v) is 11.9. The number of aliphatic hydroxyl groups excluding tert-OH is 1. The molecule has 0 unspecified atom stereocenters. The zero-order valence-electron chi connectivity index (χ0n) is 11.9. The smallest absolute Gasteiger partial charge is 0.0570 e. The van der Waals surface area contributed by atoms with Crippen LogP contribution in [0.3, 0.4) is 0 Å². The third kappa shape index (κ3) is 2.60. The van der Waals surface area contributed by atoms with E-state index in [2.05, 4.69) is 45.9 Å². The molecule has 0 spiro atoms. The van der Waals surface area contributed by atoms with Gasteiger partial charge in [0.15, 0.2) is 0 Å². The first kappa shape index (κ1) is 13.6. The van der Waals surface area contributed by atoms with Crippen LogP contribution in [0.5, 0.6) is 0 Å². The van der Waals surface area contributed by atoms with E-state index in [9.17, 15) is 5.11 Å². The van der Waals surface area contributed by atoms with Gasteiger partial charge in [0, 0.05) is 5.41 Å². The van der Waals surface area contributed by atoms with Crippen LogP contribution in [0, 0.1) is 12.3 Å². The normalized spacial score (nSPS) is 18.5. The molecule has 1 fully saturated rings. The molecule has 0 bridgehead atoms. The highest BCUT2D eigenvalue weighted by Crippen LogP contribution is 2.33. The summed E-state index contributed by atoms with van der Waals surface area (Å²) < 4.78 is 5.28. The van der Waals surface area contributed by atoms with Gasteiger partial charge >= 0.3 is 0 Å². The first-order valence-corrected chi connectivity index (χ1v) is 6.65. The fourth-order valence-corrected chi connectivity index (χ4v) is 2.37. The lowest BCUT2D eigenvalue weighted by Gasteiger charge is -2.40. The largest absolute Gasteiger partial charge is 0.396 e. The van der Waals surface area contributed by atoms with Crippen molar-refractivity contribution in [1.29, 1.82) is 0 Å². The van der Waals surface area contributed by atoms with Crippen molar-refractivity contribution in [1.82, 2.24) is 0 Å². The monoisotopic (exact) mass is 248 g/mol. The van der Waals surface area contributed by atoms with Crippen molar-refractivity contribution in [3.63, 3.8) is 0 Å². The molecule has 1 aliphatic rings. The molecular formula is C16H24O2. The van der Waals surface area contributed by atoms with Crippen LogP contribution in [-0.2, 0) is 16.6 Å². The number of hydrogen-bond acceptors (Lipinski definition) is 2. The van der Waals surface area contributed by atoms with Crippen LogP contribution in [0.25, 0.3) is 0 Å². The average molecular weight is 248 g/mol. The van der Waals surface area contributed by atoms with E-state index in [1.807, 2.05) is 0 Å². The second-order valence-electron chi connectivity index (χ2n) is 6.72. The summed E-state index contributed by atoms with van der Waals surface area (Å²) in [6.45, 7) is 10.4. The van der Waals surface area contributed by atoms with E-state index in [1.165, 1.54) is 16.7 Å². The van der Waals surface area contributed by atoms with Crippen LogP contribution in [0.2, 0.25) is 0 Å². The topological polar surface area (TPSA) is 29.5 Å². The van der Waals surface area contributed by atoms with Crippen molar-refractivity contribution in [2.24, 2.45) is 5.41 Å². The van der Waals surface area contributed by atoms with E-state index in [4.69, 9.17) is 4.74 Å². The van der Waals surface area contributed by atoms with Gasteiger partial charge in [-0.05, 0) is 35.4 Å². The highest BCUT2D eigenvalue weighted by atomic mass is 16.5. The van der Waals surface area contributed by atoms with Crippen LogP contribution in [-0.4, -0.2) is 24.9 Å². The van der Waals surface area contributed by atoms with Crippen molar-refractivity contribution in [3.8, 4) is 0 Å². The number of hydrogen-bond donors (Lipinski definition) is 1. The minimum absolute atomic E-state index is 0.0404. The molecule has 1 heterocycles. The Morgan fingerprint density at radius 1 is 1.28 bits per heavy atom. The Morgan fingerprint density at radius 2 is 1.94 bits per heavy atom. The molecule has 2 heteroatoms. The first-order chi connectivity index (χ1) is 8.36.